The van der Waals surface area contributed by atoms with E-state index in [1.165, 1.54) is 17.2 Å². The van der Waals surface area contributed by atoms with Gasteiger partial charge in [0, 0.05) is 12.1 Å². The molecule has 1 unspecified atom stereocenters. The quantitative estimate of drug-likeness (QED) is 0.409. The molecule has 27 heavy (non-hydrogen) atoms. The van der Waals surface area contributed by atoms with Crippen molar-refractivity contribution in [3.8, 4) is 5.75 Å². The number of phenols is 1. The molecule has 10 nitrogen and oxygen atoms in total. The van der Waals surface area contributed by atoms with Crippen LogP contribution in [-0.2, 0) is 11.3 Å². The van der Waals surface area contributed by atoms with Gasteiger partial charge in [-0.25, -0.2) is 15.0 Å². The Morgan fingerprint density at radius 3 is 2.67 bits per heavy atom. The summed E-state index contributed by atoms with van der Waals surface area (Å²) in [7, 11) is 0. The normalized spacial score (nSPS) is 25.1. The Labute approximate surface area is 153 Å². The van der Waals surface area contributed by atoms with E-state index >= 15 is 0 Å². The average Bonchev–Trinajstić information content (AvgIpc) is 3.23. The van der Waals surface area contributed by atoms with Crippen molar-refractivity contribution in [1.29, 1.82) is 0 Å². The third-order valence-corrected chi connectivity index (χ3v) is 4.59. The number of rotatable bonds is 5. The molecule has 0 spiro atoms. The van der Waals surface area contributed by atoms with E-state index in [0.29, 0.717) is 29.1 Å². The Hall–Kier alpha value is -2.79. The molecule has 1 aliphatic rings. The van der Waals surface area contributed by atoms with E-state index in [9.17, 15) is 20.4 Å². The van der Waals surface area contributed by atoms with Gasteiger partial charge in [0.25, 0.3) is 0 Å². The minimum Gasteiger partial charge on any atom is -0.508 e. The summed E-state index contributed by atoms with van der Waals surface area (Å²) in [5.74, 6) is 0.626. The molecule has 10 heteroatoms. The molecule has 0 bridgehead atoms. The lowest BCUT2D eigenvalue weighted by atomic mass is 10.1. The minimum atomic E-state index is -1.23. The Bertz CT molecular complexity index is 948. The minimum absolute atomic E-state index is 0.173. The second kappa shape index (κ2) is 7.08. The zero-order valence-electron chi connectivity index (χ0n) is 14.2. The first-order valence-corrected chi connectivity index (χ1v) is 8.41. The SMILES string of the molecule is OC[C@H]1OC(n2cnc3c(NCc4ccccc4O)ncnc32)[C@H](O)[C@@H]1O. The molecule has 0 amide bonds. The van der Waals surface area contributed by atoms with E-state index in [1.54, 1.807) is 18.2 Å². The van der Waals surface area contributed by atoms with Crippen molar-refractivity contribution < 1.29 is 25.2 Å². The van der Waals surface area contributed by atoms with Crippen LogP contribution in [0.1, 0.15) is 11.8 Å². The number of fused-ring (bicyclic) bond motifs is 1. The van der Waals surface area contributed by atoms with Crippen molar-refractivity contribution in [3.05, 3.63) is 42.5 Å². The van der Waals surface area contributed by atoms with Gasteiger partial charge in [0.15, 0.2) is 23.2 Å². The van der Waals surface area contributed by atoms with Gasteiger partial charge in [0.1, 0.15) is 30.4 Å². The lowest BCUT2D eigenvalue weighted by molar-refractivity contribution is -0.0511. The molecule has 142 valence electrons. The van der Waals surface area contributed by atoms with Crippen LogP contribution in [0.15, 0.2) is 36.9 Å². The number of aromatic nitrogens is 4. The molecule has 0 saturated carbocycles. The molecule has 1 fully saturated rings. The summed E-state index contributed by atoms with van der Waals surface area (Å²) in [5.41, 5.74) is 1.55. The third kappa shape index (κ3) is 3.08. The van der Waals surface area contributed by atoms with Crippen LogP contribution >= 0.6 is 0 Å². The van der Waals surface area contributed by atoms with Crippen LogP contribution in [0.3, 0.4) is 0 Å². The van der Waals surface area contributed by atoms with Crippen molar-refractivity contribution in [2.45, 2.75) is 31.1 Å². The number of imidazole rings is 1. The Kier molecular flexibility index (Phi) is 4.62. The van der Waals surface area contributed by atoms with E-state index in [1.807, 2.05) is 6.07 Å². The smallest absolute Gasteiger partial charge is 0.167 e. The standard InChI is InChI=1S/C17H19N5O5/c23-6-11-13(25)14(26)17(27-11)22-8-21-12-15(19-7-20-16(12)22)18-5-9-3-1-2-4-10(9)24/h1-4,7-8,11,13-14,17,23-26H,5-6H2,(H,18,19,20)/t11-,13-,14-,17?/m1/s1. The summed E-state index contributed by atoms with van der Waals surface area (Å²) in [6.07, 6.45) is -1.48. The molecule has 1 aliphatic heterocycles. The van der Waals surface area contributed by atoms with E-state index in [0.717, 1.165) is 0 Å². The fraction of sp³-hybridized carbons (Fsp3) is 0.353. The van der Waals surface area contributed by atoms with E-state index in [-0.39, 0.29) is 5.75 Å². The van der Waals surface area contributed by atoms with Gasteiger partial charge in [0.05, 0.1) is 12.9 Å². The number of nitrogens with zero attached hydrogens (tertiary/aromatic N) is 4. The van der Waals surface area contributed by atoms with Crippen molar-refractivity contribution >= 4 is 17.0 Å². The second-order valence-electron chi connectivity index (χ2n) is 6.26. The number of ether oxygens (including phenoxy) is 1. The van der Waals surface area contributed by atoms with Gasteiger partial charge in [-0.05, 0) is 6.07 Å². The van der Waals surface area contributed by atoms with Crippen molar-refractivity contribution in [1.82, 2.24) is 19.5 Å². The molecule has 0 aliphatic carbocycles. The number of benzene rings is 1. The first-order valence-electron chi connectivity index (χ1n) is 8.41. The molecule has 2 aromatic heterocycles. The van der Waals surface area contributed by atoms with Gasteiger partial charge in [-0.3, -0.25) is 4.57 Å². The maximum atomic E-state index is 10.2. The fourth-order valence-electron chi connectivity index (χ4n) is 3.12. The topological polar surface area (TPSA) is 146 Å². The molecule has 3 heterocycles. The molecular weight excluding hydrogens is 354 g/mol. The van der Waals surface area contributed by atoms with E-state index < -0.39 is 31.1 Å². The average molecular weight is 373 g/mol. The molecule has 1 aromatic carbocycles. The number of para-hydroxylation sites is 1. The molecule has 4 atom stereocenters. The highest BCUT2D eigenvalue weighted by atomic mass is 16.6. The van der Waals surface area contributed by atoms with E-state index in [4.69, 9.17) is 4.74 Å². The first kappa shape index (κ1) is 17.6. The van der Waals surface area contributed by atoms with Crippen LogP contribution in [0, 0.1) is 0 Å². The number of nitrogens with one attached hydrogen (secondary N) is 1. The Morgan fingerprint density at radius 1 is 1.11 bits per heavy atom. The maximum Gasteiger partial charge on any atom is 0.167 e. The summed E-state index contributed by atoms with van der Waals surface area (Å²) >= 11 is 0. The van der Waals surface area contributed by atoms with Gasteiger partial charge in [0.2, 0.25) is 0 Å². The van der Waals surface area contributed by atoms with Gasteiger partial charge >= 0.3 is 0 Å². The molecule has 1 saturated heterocycles. The zero-order chi connectivity index (χ0) is 19.0. The lowest BCUT2D eigenvalue weighted by Crippen LogP contribution is -2.33. The zero-order valence-corrected chi connectivity index (χ0v) is 14.2. The van der Waals surface area contributed by atoms with Gasteiger partial charge in [-0.1, -0.05) is 18.2 Å². The molecule has 0 radical (unpaired) electrons. The highest BCUT2D eigenvalue weighted by Gasteiger charge is 2.44. The lowest BCUT2D eigenvalue weighted by Gasteiger charge is -2.16. The maximum absolute atomic E-state index is 10.2. The van der Waals surface area contributed by atoms with Crippen LogP contribution in [0.5, 0.6) is 5.75 Å². The summed E-state index contributed by atoms with van der Waals surface area (Å²) in [6, 6.07) is 6.95. The number of aliphatic hydroxyl groups excluding tert-OH is 3. The molecule has 3 aromatic rings. The second-order valence-corrected chi connectivity index (χ2v) is 6.26. The number of anilines is 1. The highest BCUT2D eigenvalue weighted by Crippen LogP contribution is 2.32. The summed E-state index contributed by atoms with van der Waals surface area (Å²) < 4.78 is 7.02. The number of phenolic OH excluding ortho intramolecular Hbond substituents is 1. The van der Waals surface area contributed by atoms with Gasteiger partial charge in [-0.15, -0.1) is 0 Å². The number of aromatic hydroxyl groups is 1. The van der Waals surface area contributed by atoms with E-state index in [2.05, 4.69) is 20.3 Å². The van der Waals surface area contributed by atoms with Crippen LogP contribution in [0.25, 0.3) is 11.2 Å². The summed E-state index contributed by atoms with van der Waals surface area (Å²) in [6.45, 7) is -0.0801. The van der Waals surface area contributed by atoms with Crippen LogP contribution < -0.4 is 5.32 Å². The van der Waals surface area contributed by atoms with Gasteiger partial charge < -0.3 is 30.5 Å². The van der Waals surface area contributed by atoms with Crippen LogP contribution in [0.4, 0.5) is 5.82 Å². The fourth-order valence-corrected chi connectivity index (χ4v) is 3.12. The first-order chi connectivity index (χ1) is 13.1. The predicted octanol–water partition coefficient (Wildman–Crippen LogP) is -0.245. The highest BCUT2D eigenvalue weighted by molar-refractivity contribution is 5.82. The molecular formula is C17H19N5O5. The number of aliphatic hydroxyl groups is 3. The summed E-state index contributed by atoms with van der Waals surface area (Å²) in [4.78, 5) is 12.7. The van der Waals surface area contributed by atoms with Gasteiger partial charge in [-0.2, -0.15) is 0 Å². The Balaban J connectivity index is 1.61. The number of hydrogen-bond acceptors (Lipinski definition) is 9. The monoisotopic (exact) mass is 373 g/mol. The predicted molar refractivity (Wildman–Crippen MR) is 93.8 cm³/mol. The number of hydrogen-bond donors (Lipinski definition) is 5. The van der Waals surface area contributed by atoms with Crippen LogP contribution in [0.2, 0.25) is 0 Å². The van der Waals surface area contributed by atoms with Crippen molar-refractivity contribution in [3.63, 3.8) is 0 Å². The molecule has 4 rings (SSSR count). The molecule has 5 N–H and O–H groups in total. The van der Waals surface area contributed by atoms with Crippen LogP contribution in [-0.4, -0.2) is 64.9 Å². The Morgan fingerprint density at radius 2 is 1.93 bits per heavy atom. The third-order valence-electron chi connectivity index (χ3n) is 4.59. The van der Waals surface area contributed by atoms with Crippen molar-refractivity contribution in [2.24, 2.45) is 0 Å². The van der Waals surface area contributed by atoms with Crippen molar-refractivity contribution in [2.75, 3.05) is 11.9 Å². The summed E-state index contributed by atoms with van der Waals surface area (Å²) in [5, 5.41) is 42.4. The largest absolute Gasteiger partial charge is 0.508 e.